The molecule has 10 heteroatoms. The highest BCUT2D eigenvalue weighted by atomic mass is 32.2. The van der Waals surface area contributed by atoms with E-state index in [4.69, 9.17) is 4.74 Å². The number of benzene rings is 1. The number of hydrogen-bond acceptors (Lipinski definition) is 7. The van der Waals surface area contributed by atoms with Crippen LogP contribution in [0.5, 0.6) is 5.75 Å². The number of imidazole rings is 1. The standard InChI is InChI=1S/C19H24N4O5S/c1-11-6-4-5-7-14(11)28-9-13(25)8-23-15-16(20-19(23)29-10-12(2)24)22(3)18(27)21-17(15)26/h4-7,12-13,24-25H,8-10H2,1-3H3,(H,21,26,27)/t12-,13-/m0/s1. The van der Waals surface area contributed by atoms with E-state index in [2.05, 4.69) is 9.97 Å². The maximum atomic E-state index is 12.4. The molecular weight excluding hydrogens is 396 g/mol. The molecule has 0 aliphatic heterocycles. The Balaban J connectivity index is 1.90. The number of aliphatic hydroxyl groups is 2. The minimum atomic E-state index is -0.922. The lowest BCUT2D eigenvalue weighted by Crippen LogP contribution is -2.30. The van der Waals surface area contributed by atoms with Crippen molar-refractivity contribution in [2.45, 2.75) is 37.8 Å². The number of nitrogens with one attached hydrogen (secondary N) is 1. The monoisotopic (exact) mass is 420 g/mol. The number of aryl methyl sites for hydroxylation is 2. The zero-order chi connectivity index (χ0) is 21.1. The van der Waals surface area contributed by atoms with Gasteiger partial charge < -0.3 is 19.5 Å². The van der Waals surface area contributed by atoms with Gasteiger partial charge >= 0.3 is 5.69 Å². The third kappa shape index (κ3) is 4.72. The van der Waals surface area contributed by atoms with Gasteiger partial charge in [0.2, 0.25) is 0 Å². The third-order valence-corrected chi connectivity index (χ3v) is 5.56. The second kappa shape index (κ2) is 8.85. The summed E-state index contributed by atoms with van der Waals surface area (Å²) in [5.41, 5.74) is 0.218. The zero-order valence-electron chi connectivity index (χ0n) is 16.5. The molecule has 0 aliphatic rings. The van der Waals surface area contributed by atoms with Crippen molar-refractivity contribution < 1.29 is 14.9 Å². The Morgan fingerprint density at radius 1 is 1.28 bits per heavy atom. The van der Waals surface area contributed by atoms with Gasteiger partial charge in [0.05, 0.1) is 12.6 Å². The molecule has 0 unspecified atom stereocenters. The van der Waals surface area contributed by atoms with Crippen molar-refractivity contribution in [2.24, 2.45) is 7.05 Å². The Labute approximate surface area is 171 Å². The highest BCUT2D eigenvalue weighted by Gasteiger charge is 2.20. The lowest BCUT2D eigenvalue weighted by molar-refractivity contribution is 0.0910. The van der Waals surface area contributed by atoms with Gasteiger partial charge in [0.25, 0.3) is 5.56 Å². The van der Waals surface area contributed by atoms with E-state index in [1.54, 1.807) is 11.5 Å². The van der Waals surface area contributed by atoms with Crippen molar-refractivity contribution in [3.05, 3.63) is 50.7 Å². The summed E-state index contributed by atoms with van der Waals surface area (Å²) in [4.78, 5) is 31.0. The van der Waals surface area contributed by atoms with Crippen molar-refractivity contribution >= 4 is 22.9 Å². The van der Waals surface area contributed by atoms with Crippen LogP contribution in [0.4, 0.5) is 0 Å². The summed E-state index contributed by atoms with van der Waals surface area (Å²) < 4.78 is 8.51. The van der Waals surface area contributed by atoms with Crippen LogP contribution in [0.2, 0.25) is 0 Å². The minimum Gasteiger partial charge on any atom is -0.491 e. The van der Waals surface area contributed by atoms with Gasteiger partial charge in [-0.1, -0.05) is 30.0 Å². The average molecular weight is 420 g/mol. The number of fused-ring (bicyclic) bond motifs is 1. The molecule has 0 radical (unpaired) electrons. The van der Waals surface area contributed by atoms with Gasteiger partial charge in [0.1, 0.15) is 18.5 Å². The molecule has 2 heterocycles. The summed E-state index contributed by atoms with van der Waals surface area (Å²) in [5.74, 6) is 1.02. The highest BCUT2D eigenvalue weighted by Crippen LogP contribution is 2.23. The van der Waals surface area contributed by atoms with E-state index in [0.29, 0.717) is 16.7 Å². The first-order valence-corrected chi connectivity index (χ1v) is 10.1. The SMILES string of the molecule is Cc1ccccc1OC[C@@H](O)Cn1c(SC[C@H](C)O)nc2c1c(=O)[nH]c(=O)n2C. The van der Waals surface area contributed by atoms with E-state index >= 15 is 0 Å². The number of para-hydroxylation sites is 1. The molecule has 3 rings (SSSR count). The van der Waals surface area contributed by atoms with Crippen LogP contribution in [0.15, 0.2) is 39.0 Å². The fourth-order valence-electron chi connectivity index (χ4n) is 2.86. The topological polar surface area (TPSA) is 122 Å². The molecule has 2 aromatic heterocycles. The molecule has 1 aromatic carbocycles. The second-order valence-electron chi connectivity index (χ2n) is 6.89. The summed E-state index contributed by atoms with van der Waals surface area (Å²) in [5, 5.41) is 20.6. The molecule has 3 aromatic rings. The molecule has 0 saturated carbocycles. The second-order valence-corrected chi connectivity index (χ2v) is 7.87. The van der Waals surface area contributed by atoms with Gasteiger partial charge in [0.15, 0.2) is 16.3 Å². The summed E-state index contributed by atoms with van der Waals surface area (Å²) in [7, 11) is 1.51. The lowest BCUT2D eigenvalue weighted by Gasteiger charge is -2.16. The molecule has 0 amide bonds. The van der Waals surface area contributed by atoms with Crippen LogP contribution < -0.4 is 16.0 Å². The Kier molecular flexibility index (Phi) is 6.46. The number of aliphatic hydroxyl groups excluding tert-OH is 2. The highest BCUT2D eigenvalue weighted by molar-refractivity contribution is 7.99. The maximum Gasteiger partial charge on any atom is 0.329 e. The van der Waals surface area contributed by atoms with Crippen molar-refractivity contribution in [3.63, 3.8) is 0 Å². The van der Waals surface area contributed by atoms with Crippen LogP contribution in [0.25, 0.3) is 11.2 Å². The molecular formula is C19H24N4O5S. The Bertz CT molecular complexity index is 1120. The van der Waals surface area contributed by atoms with Crippen molar-refractivity contribution in [2.75, 3.05) is 12.4 Å². The molecule has 0 aliphatic carbocycles. The first-order valence-electron chi connectivity index (χ1n) is 9.14. The van der Waals surface area contributed by atoms with Gasteiger partial charge in [-0.3, -0.25) is 14.3 Å². The van der Waals surface area contributed by atoms with Gasteiger partial charge in [-0.2, -0.15) is 0 Å². The van der Waals surface area contributed by atoms with Gasteiger partial charge in [-0.15, -0.1) is 0 Å². The third-order valence-electron chi connectivity index (χ3n) is 4.34. The number of thioether (sulfide) groups is 1. The lowest BCUT2D eigenvalue weighted by atomic mass is 10.2. The fourth-order valence-corrected chi connectivity index (χ4v) is 3.72. The molecule has 2 atom stereocenters. The summed E-state index contributed by atoms with van der Waals surface area (Å²) in [6.45, 7) is 3.63. The predicted octanol–water partition coefficient (Wildman–Crippen LogP) is 0.645. The quantitative estimate of drug-likeness (QED) is 0.457. The number of aromatic amines is 1. The van der Waals surface area contributed by atoms with E-state index in [1.807, 2.05) is 31.2 Å². The van der Waals surface area contributed by atoms with Crippen LogP contribution in [-0.2, 0) is 13.6 Å². The molecule has 3 N–H and O–H groups in total. The normalized spacial score (nSPS) is 13.6. The van der Waals surface area contributed by atoms with E-state index in [0.717, 1.165) is 5.56 Å². The first kappa shape index (κ1) is 21.2. The largest absolute Gasteiger partial charge is 0.491 e. The van der Waals surface area contributed by atoms with E-state index in [-0.39, 0.29) is 24.3 Å². The fraction of sp³-hybridized carbons (Fsp3) is 0.421. The zero-order valence-corrected chi connectivity index (χ0v) is 17.3. The van der Waals surface area contributed by atoms with Crippen molar-refractivity contribution in [1.82, 2.24) is 19.1 Å². The van der Waals surface area contributed by atoms with Crippen LogP contribution in [0.1, 0.15) is 12.5 Å². The van der Waals surface area contributed by atoms with Gasteiger partial charge in [-0.25, -0.2) is 9.78 Å². The molecule has 0 saturated heterocycles. The van der Waals surface area contributed by atoms with Crippen molar-refractivity contribution in [1.29, 1.82) is 0 Å². The number of hydrogen-bond donors (Lipinski definition) is 3. The predicted molar refractivity (Wildman–Crippen MR) is 111 cm³/mol. The Morgan fingerprint density at radius 3 is 2.69 bits per heavy atom. The maximum absolute atomic E-state index is 12.4. The Hall–Kier alpha value is -2.56. The smallest absolute Gasteiger partial charge is 0.329 e. The average Bonchev–Trinajstić information content (AvgIpc) is 3.03. The van der Waals surface area contributed by atoms with Crippen molar-refractivity contribution in [3.8, 4) is 5.75 Å². The van der Waals surface area contributed by atoms with E-state index < -0.39 is 23.5 Å². The van der Waals surface area contributed by atoms with Gasteiger partial charge in [0, 0.05) is 12.8 Å². The van der Waals surface area contributed by atoms with Crippen LogP contribution in [0.3, 0.4) is 0 Å². The molecule has 0 fully saturated rings. The van der Waals surface area contributed by atoms with Gasteiger partial charge in [-0.05, 0) is 25.5 Å². The number of rotatable bonds is 8. The first-order chi connectivity index (χ1) is 13.8. The van der Waals surface area contributed by atoms with Crippen LogP contribution >= 0.6 is 11.8 Å². The molecule has 0 spiro atoms. The molecule has 9 nitrogen and oxygen atoms in total. The molecule has 0 bridgehead atoms. The minimum absolute atomic E-state index is 0.0225. The van der Waals surface area contributed by atoms with E-state index in [1.165, 1.54) is 23.4 Å². The van der Waals surface area contributed by atoms with Crippen LogP contribution in [-0.4, -0.2) is 53.9 Å². The van der Waals surface area contributed by atoms with Crippen LogP contribution in [0, 0.1) is 6.92 Å². The summed E-state index contributed by atoms with van der Waals surface area (Å²) >= 11 is 1.24. The number of ether oxygens (including phenoxy) is 1. The number of H-pyrrole nitrogens is 1. The summed E-state index contributed by atoms with van der Waals surface area (Å²) in [6, 6.07) is 7.48. The summed E-state index contributed by atoms with van der Waals surface area (Å²) in [6.07, 6.45) is -1.50. The van der Waals surface area contributed by atoms with E-state index in [9.17, 15) is 19.8 Å². The molecule has 29 heavy (non-hydrogen) atoms. The Morgan fingerprint density at radius 2 is 2.00 bits per heavy atom. The number of aromatic nitrogens is 4. The number of nitrogens with zero attached hydrogens (tertiary/aromatic N) is 3. The molecule has 156 valence electrons.